The number of rotatable bonds is 2. The van der Waals surface area contributed by atoms with Gasteiger partial charge in [-0.1, -0.05) is 29.8 Å². The first-order chi connectivity index (χ1) is 7.66. The number of aryl methyl sites for hydroxylation is 1. The molecule has 0 amide bonds. The predicted molar refractivity (Wildman–Crippen MR) is 63.4 cm³/mol. The summed E-state index contributed by atoms with van der Waals surface area (Å²) in [5, 5.41) is 9.64. The van der Waals surface area contributed by atoms with E-state index in [1.807, 2.05) is 0 Å². The zero-order chi connectivity index (χ0) is 11.6. The number of aliphatic hydroxyl groups is 1. The van der Waals surface area contributed by atoms with Gasteiger partial charge in [0.2, 0.25) is 0 Å². The van der Waals surface area contributed by atoms with Gasteiger partial charge in [-0.25, -0.2) is 0 Å². The molecule has 0 heterocycles. The smallest absolute Gasteiger partial charge is 0.132 e. The number of aliphatic hydroxyl groups excluding tert-OH is 1. The van der Waals surface area contributed by atoms with E-state index in [2.05, 4.69) is 31.2 Å². The second kappa shape index (κ2) is 4.38. The summed E-state index contributed by atoms with van der Waals surface area (Å²) in [7, 11) is 0. The molecule has 1 N–H and O–H groups in total. The number of ketones is 1. The Hall–Kier alpha value is -1.15. The minimum Gasteiger partial charge on any atom is -0.395 e. The molecule has 2 rings (SSSR count). The first kappa shape index (κ1) is 11.3. The van der Waals surface area contributed by atoms with Crippen molar-refractivity contribution in [3.8, 4) is 0 Å². The summed E-state index contributed by atoms with van der Waals surface area (Å²) in [5.41, 5.74) is 2.22. The van der Waals surface area contributed by atoms with E-state index in [1.165, 1.54) is 11.1 Å². The van der Waals surface area contributed by atoms with Crippen LogP contribution in [0.2, 0.25) is 0 Å². The van der Waals surface area contributed by atoms with Gasteiger partial charge in [0.1, 0.15) is 5.78 Å². The quantitative estimate of drug-likeness (QED) is 0.827. The largest absolute Gasteiger partial charge is 0.395 e. The molecule has 1 aliphatic carbocycles. The lowest BCUT2D eigenvalue weighted by atomic mass is 9.69. The molecular formula is C14H18O2. The Labute approximate surface area is 96.3 Å². The summed E-state index contributed by atoms with van der Waals surface area (Å²) in [6.07, 6.45) is 2.78. The molecule has 86 valence electrons. The van der Waals surface area contributed by atoms with Crippen LogP contribution >= 0.6 is 0 Å². The first-order valence-electron chi connectivity index (χ1n) is 5.86. The maximum atomic E-state index is 11.3. The van der Waals surface area contributed by atoms with Crippen molar-refractivity contribution in [1.29, 1.82) is 0 Å². The van der Waals surface area contributed by atoms with E-state index in [1.54, 1.807) is 0 Å². The van der Waals surface area contributed by atoms with Crippen LogP contribution in [-0.4, -0.2) is 17.5 Å². The summed E-state index contributed by atoms with van der Waals surface area (Å²) in [5.74, 6) is 0.330. The average molecular weight is 218 g/mol. The summed E-state index contributed by atoms with van der Waals surface area (Å²) >= 11 is 0. The van der Waals surface area contributed by atoms with E-state index >= 15 is 0 Å². The fraction of sp³-hybridized carbons (Fsp3) is 0.500. The van der Waals surface area contributed by atoms with Crippen molar-refractivity contribution in [2.24, 2.45) is 0 Å². The molecule has 0 radical (unpaired) electrons. The zero-order valence-corrected chi connectivity index (χ0v) is 9.70. The van der Waals surface area contributed by atoms with Crippen LogP contribution in [0.5, 0.6) is 0 Å². The van der Waals surface area contributed by atoms with Gasteiger partial charge in [-0.05, 0) is 25.3 Å². The number of carbonyl (C=O) groups excluding carboxylic acids is 1. The lowest BCUT2D eigenvalue weighted by Gasteiger charge is -2.35. The Balaban J connectivity index is 2.27. The Kier molecular flexibility index (Phi) is 3.10. The molecule has 0 atom stereocenters. The second-order valence-corrected chi connectivity index (χ2v) is 4.84. The first-order valence-corrected chi connectivity index (χ1v) is 5.86. The molecule has 1 saturated carbocycles. The Morgan fingerprint density at radius 3 is 2.25 bits per heavy atom. The van der Waals surface area contributed by atoms with Gasteiger partial charge in [0.05, 0.1) is 6.61 Å². The highest BCUT2D eigenvalue weighted by atomic mass is 16.3. The van der Waals surface area contributed by atoms with E-state index < -0.39 is 0 Å². The van der Waals surface area contributed by atoms with Crippen LogP contribution in [0.25, 0.3) is 0 Å². The van der Waals surface area contributed by atoms with Crippen molar-refractivity contribution in [2.45, 2.75) is 38.0 Å². The topological polar surface area (TPSA) is 37.3 Å². The molecule has 2 heteroatoms. The monoisotopic (exact) mass is 218 g/mol. The van der Waals surface area contributed by atoms with Crippen molar-refractivity contribution >= 4 is 5.78 Å². The average Bonchev–Trinajstić information content (AvgIpc) is 2.32. The Morgan fingerprint density at radius 2 is 1.75 bits per heavy atom. The Morgan fingerprint density at radius 1 is 1.19 bits per heavy atom. The van der Waals surface area contributed by atoms with Gasteiger partial charge in [-0.3, -0.25) is 4.79 Å². The van der Waals surface area contributed by atoms with Crippen LogP contribution in [0.1, 0.15) is 36.8 Å². The predicted octanol–water partition coefficient (Wildman–Crippen LogP) is 2.37. The minimum absolute atomic E-state index is 0.142. The van der Waals surface area contributed by atoms with Crippen molar-refractivity contribution in [3.05, 3.63) is 35.4 Å². The third-order valence-corrected chi connectivity index (χ3v) is 3.73. The number of hydrogen-bond donors (Lipinski definition) is 1. The maximum Gasteiger partial charge on any atom is 0.132 e. The fourth-order valence-electron chi connectivity index (χ4n) is 2.45. The molecule has 0 bridgehead atoms. The van der Waals surface area contributed by atoms with Gasteiger partial charge in [0.25, 0.3) is 0 Å². The molecule has 0 saturated heterocycles. The van der Waals surface area contributed by atoms with Crippen LogP contribution in [-0.2, 0) is 10.2 Å². The normalized spacial score (nSPS) is 19.8. The van der Waals surface area contributed by atoms with Crippen molar-refractivity contribution in [1.82, 2.24) is 0 Å². The summed E-state index contributed by atoms with van der Waals surface area (Å²) in [6, 6.07) is 8.31. The highest BCUT2D eigenvalue weighted by Crippen LogP contribution is 2.37. The molecule has 0 aromatic heterocycles. The molecule has 0 unspecified atom stereocenters. The molecule has 0 aliphatic heterocycles. The van der Waals surface area contributed by atoms with Gasteiger partial charge in [-0.15, -0.1) is 0 Å². The van der Waals surface area contributed by atoms with E-state index in [9.17, 15) is 9.90 Å². The SMILES string of the molecule is Cc1ccc(C2(CO)CCC(=O)CC2)cc1. The van der Waals surface area contributed by atoms with Gasteiger partial charge >= 0.3 is 0 Å². The minimum atomic E-state index is -0.179. The van der Waals surface area contributed by atoms with E-state index in [0.29, 0.717) is 18.6 Å². The molecule has 1 fully saturated rings. The molecule has 1 aromatic carbocycles. The van der Waals surface area contributed by atoms with Crippen LogP contribution in [0.15, 0.2) is 24.3 Å². The van der Waals surface area contributed by atoms with Gasteiger partial charge in [0, 0.05) is 18.3 Å². The van der Waals surface area contributed by atoms with Gasteiger partial charge in [0.15, 0.2) is 0 Å². The highest BCUT2D eigenvalue weighted by Gasteiger charge is 2.35. The summed E-state index contributed by atoms with van der Waals surface area (Å²) in [6.45, 7) is 2.20. The maximum absolute atomic E-state index is 11.3. The van der Waals surface area contributed by atoms with E-state index in [4.69, 9.17) is 0 Å². The lowest BCUT2D eigenvalue weighted by molar-refractivity contribution is -0.121. The van der Waals surface area contributed by atoms with Crippen LogP contribution in [0, 0.1) is 6.92 Å². The van der Waals surface area contributed by atoms with E-state index in [-0.39, 0.29) is 12.0 Å². The van der Waals surface area contributed by atoms with E-state index in [0.717, 1.165) is 12.8 Å². The zero-order valence-electron chi connectivity index (χ0n) is 9.70. The number of carbonyl (C=O) groups is 1. The number of hydrogen-bond acceptors (Lipinski definition) is 2. The lowest BCUT2D eigenvalue weighted by Crippen LogP contribution is -2.35. The molecule has 1 aliphatic rings. The fourth-order valence-corrected chi connectivity index (χ4v) is 2.45. The molecule has 1 aromatic rings. The Bertz CT molecular complexity index is 368. The third-order valence-electron chi connectivity index (χ3n) is 3.73. The molecule has 0 spiro atoms. The van der Waals surface area contributed by atoms with Crippen molar-refractivity contribution in [2.75, 3.05) is 6.61 Å². The summed E-state index contributed by atoms with van der Waals surface area (Å²) < 4.78 is 0. The number of Topliss-reactive ketones (excluding diaryl/α,β-unsaturated/α-hetero) is 1. The van der Waals surface area contributed by atoms with Crippen molar-refractivity contribution in [3.63, 3.8) is 0 Å². The van der Waals surface area contributed by atoms with Crippen LogP contribution in [0.4, 0.5) is 0 Å². The van der Waals surface area contributed by atoms with Crippen molar-refractivity contribution < 1.29 is 9.90 Å². The molecule has 2 nitrogen and oxygen atoms in total. The second-order valence-electron chi connectivity index (χ2n) is 4.84. The highest BCUT2D eigenvalue weighted by molar-refractivity contribution is 5.79. The molecule has 16 heavy (non-hydrogen) atoms. The standard InChI is InChI=1S/C14H18O2/c1-11-2-4-12(5-3-11)14(10-15)8-6-13(16)7-9-14/h2-5,15H,6-10H2,1H3. The molecular weight excluding hydrogens is 200 g/mol. The third kappa shape index (κ3) is 2.03. The van der Waals surface area contributed by atoms with Gasteiger partial charge in [-0.2, -0.15) is 0 Å². The summed E-state index contributed by atoms with van der Waals surface area (Å²) in [4.78, 5) is 11.3. The number of benzene rings is 1. The van der Waals surface area contributed by atoms with Gasteiger partial charge < -0.3 is 5.11 Å². The van der Waals surface area contributed by atoms with Crippen LogP contribution in [0.3, 0.4) is 0 Å². The van der Waals surface area contributed by atoms with Crippen LogP contribution < -0.4 is 0 Å².